The molecule has 0 amide bonds. The quantitative estimate of drug-likeness (QED) is 0.735. The molecule has 2 aromatic rings. The minimum Gasteiger partial charge on any atom is -0.439 e. The molecule has 30 heavy (non-hydrogen) atoms. The van der Waals surface area contributed by atoms with E-state index in [0.717, 1.165) is 4.31 Å². The van der Waals surface area contributed by atoms with Gasteiger partial charge >= 0.3 is 6.36 Å². The van der Waals surface area contributed by atoms with Crippen LogP contribution in [0.3, 0.4) is 0 Å². The first kappa shape index (κ1) is 21.9. The first-order valence-electron chi connectivity index (χ1n) is 8.63. The van der Waals surface area contributed by atoms with Gasteiger partial charge in [0, 0.05) is 26.2 Å². The highest BCUT2D eigenvalue weighted by Gasteiger charge is 2.34. The van der Waals surface area contributed by atoms with Crippen LogP contribution in [-0.2, 0) is 20.5 Å². The highest BCUT2D eigenvalue weighted by atomic mass is 32.2. The number of nitrogens with one attached hydrogen (secondary N) is 1. The summed E-state index contributed by atoms with van der Waals surface area (Å²) in [7, 11) is -0.776. The summed E-state index contributed by atoms with van der Waals surface area (Å²) in [6.45, 7) is 1.68. The van der Waals surface area contributed by atoms with Gasteiger partial charge in [0.15, 0.2) is 0 Å². The van der Waals surface area contributed by atoms with Crippen LogP contribution in [0.5, 0.6) is 11.5 Å². The van der Waals surface area contributed by atoms with Gasteiger partial charge in [0.05, 0.1) is 4.90 Å². The zero-order valence-corrected chi connectivity index (χ0v) is 17.0. The fraction of sp³-hybridized carbons (Fsp3) is 0.263. The first-order chi connectivity index (χ1) is 13.9. The molecule has 3 rings (SSSR count). The molecule has 0 radical (unpaired) electrons. The van der Waals surface area contributed by atoms with Crippen LogP contribution in [0.25, 0.3) is 0 Å². The number of hydrogen-bond acceptors (Lipinski definition) is 6. The lowest BCUT2D eigenvalue weighted by Gasteiger charge is -2.20. The molecule has 1 N–H and O–H groups in total. The van der Waals surface area contributed by atoms with Crippen LogP contribution < -0.4 is 15.0 Å². The normalized spacial score (nSPS) is 19.4. The van der Waals surface area contributed by atoms with Gasteiger partial charge in [-0.15, -0.1) is 13.2 Å². The van der Waals surface area contributed by atoms with E-state index < -0.39 is 22.0 Å². The van der Waals surface area contributed by atoms with Gasteiger partial charge in [0.2, 0.25) is 15.9 Å². The maximum Gasteiger partial charge on any atom is 0.573 e. The van der Waals surface area contributed by atoms with Crippen molar-refractivity contribution in [1.29, 1.82) is 0 Å². The SMILES string of the molecule is CN(C)S(=O)(=O)c1cccc(OC2=C[C@](C)(c3ccc(OC(F)(F)F)cc3)ON2)c1. The lowest BCUT2D eigenvalue weighted by atomic mass is 9.96. The maximum atomic E-state index is 12.3. The summed E-state index contributed by atoms with van der Waals surface area (Å²) in [4.78, 5) is 5.59. The molecule has 0 bridgehead atoms. The fourth-order valence-electron chi connectivity index (χ4n) is 2.68. The standard InChI is InChI=1S/C19H19F3N2O5S/c1-18(13-7-9-14(10-8-13)28-19(20,21)22)12-17(23-29-18)27-15-5-4-6-16(11-15)30(25,26)24(2)3/h4-12,23H,1-3H3/t18-/m1/s1. The second-order valence-corrected chi connectivity index (χ2v) is 8.91. The third kappa shape index (κ3) is 4.86. The van der Waals surface area contributed by atoms with Gasteiger partial charge in [-0.25, -0.2) is 18.2 Å². The van der Waals surface area contributed by atoms with Crippen LogP contribution in [-0.4, -0.2) is 33.2 Å². The summed E-state index contributed by atoms with van der Waals surface area (Å²) < 4.78 is 72.0. The molecule has 1 aliphatic rings. The van der Waals surface area contributed by atoms with Crippen LogP contribution in [0.2, 0.25) is 0 Å². The predicted octanol–water partition coefficient (Wildman–Crippen LogP) is 3.51. The number of rotatable bonds is 6. The van der Waals surface area contributed by atoms with Gasteiger partial charge in [-0.05, 0) is 36.8 Å². The number of hydroxylamine groups is 1. The van der Waals surface area contributed by atoms with Gasteiger partial charge in [-0.1, -0.05) is 18.2 Å². The molecule has 2 aromatic carbocycles. The van der Waals surface area contributed by atoms with E-state index in [1.165, 1.54) is 50.5 Å². The lowest BCUT2D eigenvalue weighted by molar-refractivity contribution is -0.274. The molecule has 7 nitrogen and oxygen atoms in total. The lowest BCUT2D eigenvalue weighted by Crippen LogP contribution is -2.23. The van der Waals surface area contributed by atoms with Crippen molar-refractivity contribution in [2.45, 2.75) is 23.8 Å². The van der Waals surface area contributed by atoms with Crippen molar-refractivity contribution in [2.24, 2.45) is 0 Å². The Balaban J connectivity index is 1.77. The van der Waals surface area contributed by atoms with E-state index in [1.54, 1.807) is 25.1 Å². The Hall–Kier alpha value is -2.76. The smallest absolute Gasteiger partial charge is 0.439 e. The molecule has 0 aliphatic carbocycles. The van der Waals surface area contributed by atoms with Gasteiger partial charge in [0.1, 0.15) is 17.1 Å². The molecule has 1 atom stereocenters. The number of ether oxygens (including phenoxy) is 2. The number of benzene rings is 2. The van der Waals surface area contributed by atoms with Gasteiger partial charge in [-0.3, -0.25) is 4.84 Å². The molecule has 0 unspecified atom stereocenters. The van der Waals surface area contributed by atoms with Crippen molar-refractivity contribution in [1.82, 2.24) is 9.79 Å². The van der Waals surface area contributed by atoms with Crippen molar-refractivity contribution in [3.63, 3.8) is 0 Å². The number of nitrogens with zero attached hydrogens (tertiary/aromatic N) is 1. The zero-order chi connectivity index (χ0) is 22.2. The number of sulfonamides is 1. The monoisotopic (exact) mass is 444 g/mol. The topological polar surface area (TPSA) is 77.1 Å². The molecule has 0 aromatic heterocycles. The summed E-state index contributed by atoms with van der Waals surface area (Å²) >= 11 is 0. The van der Waals surface area contributed by atoms with E-state index in [4.69, 9.17) is 9.57 Å². The minimum atomic E-state index is -4.77. The highest BCUT2D eigenvalue weighted by Crippen LogP contribution is 2.34. The van der Waals surface area contributed by atoms with Crippen molar-refractivity contribution >= 4 is 10.0 Å². The van der Waals surface area contributed by atoms with E-state index in [9.17, 15) is 21.6 Å². The van der Waals surface area contributed by atoms with Crippen LogP contribution in [0.4, 0.5) is 13.2 Å². The summed E-state index contributed by atoms with van der Waals surface area (Å²) in [6.07, 6.45) is -3.19. The van der Waals surface area contributed by atoms with Gasteiger partial charge in [-0.2, -0.15) is 0 Å². The maximum absolute atomic E-state index is 12.3. The summed E-state index contributed by atoms with van der Waals surface area (Å²) in [5, 5.41) is 0. The number of halogens is 3. The van der Waals surface area contributed by atoms with Crippen LogP contribution in [0.15, 0.2) is 65.4 Å². The van der Waals surface area contributed by atoms with Gasteiger partial charge in [0.25, 0.3) is 0 Å². The van der Waals surface area contributed by atoms with E-state index in [0.29, 0.717) is 5.56 Å². The molecule has 0 fully saturated rings. The van der Waals surface area contributed by atoms with E-state index in [1.807, 2.05) is 0 Å². The summed E-state index contributed by atoms with van der Waals surface area (Å²) in [6, 6.07) is 11.2. The summed E-state index contributed by atoms with van der Waals surface area (Å²) in [5.41, 5.74) is 2.12. The number of alkyl halides is 3. The molecule has 1 aliphatic heterocycles. The Labute approximate surface area is 171 Å². The Kier molecular flexibility index (Phi) is 5.72. The Morgan fingerprint density at radius 2 is 1.73 bits per heavy atom. The predicted molar refractivity (Wildman–Crippen MR) is 101 cm³/mol. The fourth-order valence-corrected chi connectivity index (χ4v) is 3.62. The van der Waals surface area contributed by atoms with E-state index in [2.05, 4.69) is 10.2 Å². The third-order valence-electron chi connectivity index (χ3n) is 4.24. The van der Waals surface area contributed by atoms with Crippen LogP contribution in [0.1, 0.15) is 12.5 Å². The zero-order valence-electron chi connectivity index (χ0n) is 16.2. The van der Waals surface area contributed by atoms with Crippen LogP contribution in [0, 0.1) is 0 Å². The van der Waals surface area contributed by atoms with E-state index in [-0.39, 0.29) is 22.3 Å². The second kappa shape index (κ2) is 7.82. The largest absolute Gasteiger partial charge is 0.573 e. The van der Waals surface area contributed by atoms with Crippen LogP contribution >= 0.6 is 0 Å². The molecular formula is C19H19F3N2O5S. The molecule has 0 saturated carbocycles. The van der Waals surface area contributed by atoms with E-state index >= 15 is 0 Å². The number of hydrogen-bond donors (Lipinski definition) is 1. The van der Waals surface area contributed by atoms with Gasteiger partial charge < -0.3 is 9.47 Å². The molecule has 162 valence electrons. The minimum absolute atomic E-state index is 0.0625. The second-order valence-electron chi connectivity index (χ2n) is 6.76. The molecule has 0 spiro atoms. The summed E-state index contributed by atoms with van der Waals surface area (Å²) in [5.74, 6) is 0.117. The Morgan fingerprint density at radius 3 is 2.33 bits per heavy atom. The molecule has 0 saturated heterocycles. The van der Waals surface area contributed by atoms with Crippen molar-refractivity contribution < 1.29 is 35.9 Å². The molecule has 1 heterocycles. The van der Waals surface area contributed by atoms with Crippen molar-refractivity contribution in [3.05, 3.63) is 66.1 Å². The average molecular weight is 444 g/mol. The Morgan fingerprint density at radius 1 is 1.07 bits per heavy atom. The first-order valence-corrected chi connectivity index (χ1v) is 10.1. The van der Waals surface area contributed by atoms with Crippen molar-refractivity contribution in [2.75, 3.05) is 14.1 Å². The highest BCUT2D eigenvalue weighted by molar-refractivity contribution is 7.89. The average Bonchev–Trinajstić information content (AvgIpc) is 3.03. The Bertz CT molecular complexity index is 1050. The molecule has 11 heteroatoms. The molecular weight excluding hydrogens is 425 g/mol. The third-order valence-corrected chi connectivity index (χ3v) is 6.05. The van der Waals surface area contributed by atoms with Crippen molar-refractivity contribution in [3.8, 4) is 11.5 Å².